The molecule has 0 aliphatic carbocycles. The molecule has 0 aliphatic rings. The highest BCUT2D eigenvalue weighted by Crippen LogP contribution is 2.30. The molecule has 0 fully saturated rings. The van der Waals surface area contributed by atoms with Crippen molar-refractivity contribution in [3.8, 4) is 0 Å². The molecule has 1 aromatic rings. The molecule has 0 aliphatic heterocycles. The number of ether oxygens (including phenoxy) is 2. The summed E-state index contributed by atoms with van der Waals surface area (Å²) >= 11 is 0. The number of nitrogens with two attached hydrogens (primary N) is 1. The predicted molar refractivity (Wildman–Crippen MR) is 65.1 cm³/mol. The minimum atomic E-state index is -1.43. The molecule has 102 valence electrons. The molecular formula is C13H19F2NO2. The zero-order valence-electron chi connectivity index (χ0n) is 10.9. The van der Waals surface area contributed by atoms with E-state index in [4.69, 9.17) is 15.2 Å². The van der Waals surface area contributed by atoms with Gasteiger partial charge < -0.3 is 15.2 Å². The third-order valence-electron chi connectivity index (χ3n) is 2.68. The molecule has 5 heteroatoms. The molecule has 0 heterocycles. The Balaban J connectivity index is 3.31. The van der Waals surface area contributed by atoms with Crippen LogP contribution in [0.4, 0.5) is 8.78 Å². The Labute approximate surface area is 106 Å². The lowest BCUT2D eigenvalue weighted by atomic mass is 10.0. The van der Waals surface area contributed by atoms with Crippen molar-refractivity contribution in [2.24, 2.45) is 5.73 Å². The van der Waals surface area contributed by atoms with Gasteiger partial charge in [-0.15, -0.1) is 0 Å². The second-order valence-electron chi connectivity index (χ2n) is 3.90. The fourth-order valence-electron chi connectivity index (χ4n) is 1.83. The van der Waals surface area contributed by atoms with Crippen LogP contribution in [0, 0.1) is 18.6 Å². The van der Waals surface area contributed by atoms with E-state index in [0.717, 1.165) is 12.1 Å². The van der Waals surface area contributed by atoms with E-state index in [1.54, 1.807) is 13.8 Å². The average molecular weight is 259 g/mol. The van der Waals surface area contributed by atoms with Crippen LogP contribution < -0.4 is 5.73 Å². The van der Waals surface area contributed by atoms with E-state index in [1.807, 2.05) is 0 Å². The smallest absolute Gasteiger partial charge is 0.210 e. The lowest BCUT2D eigenvalue weighted by Gasteiger charge is -2.32. The standard InChI is InChI=1S/C13H19F2NO2/c1-4-17-13(8-16,18-5-2)10-7-11(14)9(3)6-12(10)15/h6-7H,4-5,8,16H2,1-3H3. The van der Waals surface area contributed by atoms with Crippen LogP contribution in [0.1, 0.15) is 25.0 Å². The lowest BCUT2D eigenvalue weighted by molar-refractivity contribution is -0.236. The third kappa shape index (κ3) is 2.85. The summed E-state index contributed by atoms with van der Waals surface area (Å²) in [6.07, 6.45) is 0. The molecule has 0 radical (unpaired) electrons. The first kappa shape index (κ1) is 15.0. The maximum absolute atomic E-state index is 14.0. The number of hydrogen-bond acceptors (Lipinski definition) is 3. The van der Waals surface area contributed by atoms with Crippen LogP contribution in [0.25, 0.3) is 0 Å². The highest BCUT2D eigenvalue weighted by atomic mass is 19.1. The number of halogens is 2. The van der Waals surface area contributed by atoms with Gasteiger partial charge in [-0.1, -0.05) is 0 Å². The largest absolute Gasteiger partial charge is 0.345 e. The van der Waals surface area contributed by atoms with Gasteiger partial charge in [0, 0.05) is 13.2 Å². The molecule has 0 bridgehead atoms. The first-order valence-corrected chi connectivity index (χ1v) is 5.94. The molecule has 0 aromatic heterocycles. The first-order valence-electron chi connectivity index (χ1n) is 5.94. The fraction of sp³-hybridized carbons (Fsp3) is 0.538. The Morgan fingerprint density at radius 1 is 1.11 bits per heavy atom. The second-order valence-corrected chi connectivity index (χ2v) is 3.90. The monoisotopic (exact) mass is 259 g/mol. The average Bonchev–Trinajstić information content (AvgIpc) is 2.33. The molecule has 0 amide bonds. The summed E-state index contributed by atoms with van der Waals surface area (Å²) in [5.74, 6) is -2.52. The van der Waals surface area contributed by atoms with Crippen LogP contribution in [-0.4, -0.2) is 19.8 Å². The van der Waals surface area contributed by atoms with Crippen molar-refractivity contribution in [2.45, 2.75) is 26.6 Å². The van der Waals surface area contributed by atoms with Gasteiger partial charge in [-0.05, 0) is 38.5 Å². The molecule has 0 unspecified atom stereocenters. The van der Waals surface area contributed by atoms with Crippen LogP contribution in [0.15, 0.2) is 12.1 Å². The van der Waals surface area contributed by atoms with Crippen LogP contribution in [0.5, 0.6) is 0 Å². The summed E-state index contributed by atoms with van der Waals surface area (Å²) < 4.78 is 38.4. The first-order chi connectivity index (χ1) is 8.50. The SMILES string of the molecule is CCOC(CN)(OCC)c1cc(F)c(C)cc1F. The predicted octanol–water partition coefficient (Wildman–Crippen LogP) is 2.46. The Morgan fingerprint density at radius 2 is 1.67 bits per heavy atom. The van der Waals surface area contributed by atoms with Crippen LogP contribution in [-0.2, 0) is 15.3 Å². The van der Waals surface area contributed by atoms with Crippen molar-refractivity contribution in [1.82, 2.24) is 0 Å². The second kappa shape index (κ2) is 6.22. The Kier molecular flexibility index (Phi) is 5.19. The number of hydrogen-bond donors (Lipinski definition) is 1. The Bertz CT molecular complexity index is 404. The summed E-state index contributed by atoms with van der Waals surface area (Å²) in [5, 5.41) is 0. The molecule has 18 heavy (non-hydrogen) atoms. The lowest BCUT2D eigenvalue weighted by Crippen LogP contribution is -2.42. The summed E-state index contributed by atoms with van der Waals surface area (Å²) in [6.45, 7) is 5.46. The quantitative estimate of drug-likeness (QED) is 0.798. The van der Waals surface area contributed by atoms with E-state index in [2.05, 4.69) is 0 Å². The molecule has 0 saturated carbocycles. The van der Waals surface area contributed by atoms with Gasteiger partial charge in [0.15, 0.2) is 0 Å². The molecule has 0 atom stereocenters. The highest BCUT2D eigenvalue weighted by Gasteiger charge is 2.35. The van der Waals surface area contributed by atoms with E-state index < -0.39 is 17.4 Å². The van der Waals surface area contributed by atoms with Gasteiger partial charge in [0.2, 0.25) is 5.79 Å². The van der Waals surface area contributed by atoms with Crippen molar-refractivity contribution < 1.29 is 18.3 Å². The molecular weight excluding hydrogens is 240 g/mol. The van der Waals surface area contributed by atoms with E-state index in [1.165, 1.54) is 6.92 Å². The summed E-state index contributed by atoms with van der Waals surface area (Å²) in [5.41, 5.74) is 5.86. The van der Waals surface area contributed by atoms with Crippen molar-refractivity contribution >= 4 is 0 Å². The van der Waals surface area contributed by atoms with Gasteiger partial charge in [0.1, 0.15) is 11.6 Å². The number of rotatable bonds is 6. The minimum absolute atomic E-state index is 0.00296. The molecule has 1 aromatic carbocycles. The van der Waals surface area contributed by atoms with Crippen molar-refractivity contribution in [1.29, 1.82) is 0 Å². The molecule has 2 N–H and O–H groups in total. The van der Waals surface area contributed by atoms with Gasteiger partial charge in [-0.2, -0.15) is 0 Å². The van der Waals surface area contributed by atoms with Crippen LogP contribution in [0.2, 0.25) is 0 Å². The Hall–Kier alpha value is -1.04. The van der Waals surface area contributed by atoms with Gasteiger partial charge in [-0.25, -0.2) is 8.78 Å². The molecule has 0 spiro atoms. The summed E-state index contributed by atoms with van der Waals surface area (Å²) in [7, 11) is 0. The number of benzene rings is 1. The highest BCUT2D eigenvalue weighted by molar-refractivity contribution is 5.29. The van der Waals surface area contributed by atoms with Gasteiger partial charge >= 0.3 is 0 Å². The minimum Gasteiger partial charge on any atom is -0.345 e. The summed E-state index contributed by atoms with van der Waals surface area (Å²) in [4.78, 5) is 0. The summed E-state index contributed by atoms with van der Waals surface area (Å²) in [6, 6.07) is 2.20. The van der Waals surface area contributed by atoms with E-state index in [0.29, 0.717) is 0 Å². The topological polar surface area (TPSA) is 44.5 Å². The van der Waals surface area contributed by atoms with E-state index in [-0.39, 0.29) is 30.9 Å². The molecule has 1 rings (SSSR count). The maximum atomic E-state index is 14.0. The maximum Gasteiger partial charge on any atom is 0.210 e. The van der Waals surface area contributed by atoms with Crippen molar-refractivity contribution in [2.75, 3.05) is 19.8 Å². The normalized spacial score (nSPS) is 11.9. The molecule has 3 nitrogen and oxygen atoms in total. The molecule has 0 saturated heterocycles. The van der Waals surface area contributed by atoms with Gasteiger partial charge in [0.05, 0.1) is 12.1 Å². The van der Waals surface area contributed by atoms with Crippen LogP contribution >= 0.6 is 0 Å². The Morgan fingerprint density at radius 3 is 2.11 bits per heavy atom. The van der Waals surface area contributed by atoms with E-state index in [9.17, 15) is 8.78 Å². The van der Waals surface area contributed by atoms with Crippen LogP contribution in [0.3, 0.4) is 0 Å². The fourth-order valence-corrected chi connectivity index (χ4v) is 1.83. The van der Waals surface area contributed by atoms with Crippen molar-refractivity contribution in [3.63, 3.8) is 0 Å². The number of aryl methyl sites for hydroxylation is 1. The van der Waals surface area contributed by atoms with Gasteiger partial charge in [0.25, 0.3) is 0 Å². The third-order valence-corrected chi connectivity index (χ3v) is 2.68. The van der Waals surface area contributed by atoms with Gasteiger partial charge in [-0.3, -0.25) is 0 Å². The van der Waals surface area contributed by atoms with Crippen molar-refractivity contribution in [3.05, 3.63) is 34.9 Å². The zero-order valence-corrected chi connectivity index (χ0v) is 10.9. The van der Waals surface area contributed by atoms with E-state index >= 15 is 0 Å². The zero-order chi connectivity index (χ0) is 13.8.